The van der Waals surface area contributed by atoms with E-state index in [0.29, 0.717) is 24.7 Å². The number of H-pyrrole nitrogens is 1. The normalized spacial score (nSPS) is 23.6. The lowest BCUT2D eigenvalue weighted by Gasteiger charge is -2.28. The van der Waals surface area contributed by atoms with Gasteiger partial charge in [-0.3, -0.25) is 4.79 Å². The van der Waals surface area contributed by atoms with Crippen LogP contribution in [0, 0.1) is 0 Å². The SMILES string of the molecule is O=C(CCc1nn[nH]n1)N1CCCC1CN1CCCC1. The van der Waals surface area contributed by atoms with Crippen molar-refractivity contribution in [3.05, 3.63) is 5.82 Å². The number of amides is 1. The van der Waals surface area contributed by atoms with Crippen molar-refractivity contribution in [3.8, 4) is 0 Å². The van der Waals surface area contributed by atoms with E-state index in [4.69, 9.17) is 0 Å². The fraction of sp³-hybridized carbons (Fsp3) is 0.846. The van der Waals surface area contributed by atoms with Gasteiger partial charge >= 0.3 is 0 Å². The summed E-state index contributed by atoms with van der Waals surface area (Å²) in [7, 11) is 0. The van der Waals surface area contributed by atoms with Gasteiger partial charge in [-0.1, -0.05) is 5.21 Å². The Morgan fingerprint density at radius 3 is 2.85 bits per heavy atom. The van der Waals surface area contributed by atoms with Gasteiger partial charge in [0.15, 0.2) is 5.82 Å². The van der Waals surface area contributed by atoms with E-state index in [2.05, 4.69) is 30.4 Å². The van der Waals surface area contributed by atoms with Crippen LogP contribution in [0.5, 0.6) is 0 Å². The number of aromatic amines is 1. The molecule has 2 fully saturated rings. The van der Waals surface area contributed by atoms with Gasteiger partial charge in [0.25, 0.3) is 0 Å². The molecule has 0 spiro atoms. The second kappa shape index (κ2) is 6.30. The molecule has 2 aliphatic heterocycles. The summed E-state index contributed by atoms with van der Waals surface area (Å²) in [5, 5.41) is 13.7. The maximum Gasteiger partial charge on any atom is 0.223 e. The Labute approximate surface area is 118 Å². The highest BCUT2D eigenvalue weighted by Gasteiger charge is 2.30. The topological polar surface area (TPSA) is 78.0 Å². The molecule has 0 radical (unpaired) electrons. The van der Waals surface area contributed by atoms with Crippen molar-refractivity contribution in [1.29, 1.82) is 0 Å². The van der Waals surface area contributed by atoms with Gasteiger partial charge in [0.1, 0.15) is 0 Å². The summed E-state index contributed by atoms with van der Waals surface area (Å²) >= 11 is 0. The van der Waals surface area contributed by atoms with Crippen molar-refractivity contribution in [1.82, 2.24) is 30.4 Å². The molecule has 2 aliphatic rings. The summed E-state index contributed by atoms with van der Waals surface area (Å²) in [4.78, 5) is 16.9. The minimum atomic E-state index is 0.233. The number of likely N-dealkylation sites (tertiary alicyclic amines) is 2. The molecule has 3 rings (SSSR count). The van der Waals surface area contributed by atoms with Crippen LogP contribution in [0.2, 0.25) is 0 Å². The van der Waals surface area contributed by atoms with Crippen LogP contribution in [0.15, 0.2) is 0 Å². The van der Waals surface area contributed by atoms with E-state index in [1.807, 2.05) is 0 Å². The first-order valence-electron chi connectivity index (χ1n) is 7.57. The van der Waals surface area contributed by atoms with Gasteiger partial charge < -0.3 is 9.80 Å². The van der Waals surface area contributed by atoms with Crippen LogP contribution in [-0.4, -0.2) is 68.6 Å². The first-order chi connectivity index (χ1) is 9.83. The van der Waals surface area contributed by atoms with Gasteiger partial charge in [0.2, 0.25) is 5.91 Å². The molecule has 0 bridgehead atoms. The lowest BCUT2D eigenvalue weighted by molar-refractivity contribution is -0.132. The first kappa shape index (κ1) is 13.5. The number of carbonyl (C=O) groups excluding carboxylic acids is 1. The molecule has 1 aromatic rings. The quantitative estimate of drug-likeness (QED) is 0.833. The van der Waals surface area contributed by atoms with Crippen molar-refractivity contribution in [3.63, 3.8) is 0 Å². The van der Waals surface area contributed by atoms with E-state index >= 15 is 0 Å². The Morgan fingerprint density at radius 1 is 1.25 bits per heavy atom. The van der Waals surface area contributed by atoms with Crippen molar-refractivity contribution >= 4 is 5.91 Å². The maximum absolute atomic E-state index is 12.3. The second-order valence-electron chi connectivity index (χ2n) is 5.72. The van der Waals surface area contributed by atoms with Crippen LogP contribution in [-0.2, 0) is 11.2 Å². The minimum Gasteiger partial charge on any atom is -0.338 e. The zero-order valence-corrected chi connectivity index (χ0v) is 11.8. The molecule has 1 amide bonds. The molecule has 1 atom stereocenters. The number of nitrogens with one attached hydrogen (secondary N) is 1. The predicted octanol–water partition coefficient (Wildman–Crippen LogP) is 0.219. The Kier molecular flexibility index (Phi) is 4.25. The Morgan fingerprint density at radius 2 is 2.10 bits per heavy atom. The summed E-state index contributed by atoms with van der Waals surface area (Å²) in [6.45, 7) is 4.35. The monoisotopic (exact) mass is 278 g/mol. The number of rotatable bonds is 5. The molecule has 2 saturated heterocycles. The third-order valence-corrected chi connectivity index (χ3v) is 4.32. The van der Waals surface area contributed by atoms with Gasteiger partial charge in [0, 0.05) is 32.0 Å². The molecule has 7 nitrogen and oxygen atoms in total. The predicted molar refractivity (Wildman–Crippen MR) is 72.9 cm³/mol. The molecule has 0 aromatic carbocycles. The van der Waals surface area contributed by atoms with Crippen molar-refractivity contribution < 1.29 is 4.79 Å². The van der Waals surface area contributed by atoms with E-state index < -0.39 is 0 Å². The number of aromatic nitrogens is 4. The molecule has 1 aromatic heterocycles. The Bertz CT molecular complexity index is 428. The zero-order chi connectivity index (χ0) is 13.8. The molecule has 3 heterocycles. The lowest BCUT2D eigenvalue weighted by atomic mass is 10.2. The molecule has 7 heteroatoms. The summed E-state index contributed by atoms with van der Waals surface area (Å²) in [6.07, 6.45) is 5.94. The summed E-state index contributed by atoms with van der Waals surface area (Å²) in [5.41, 5.74) is 0. The summed E-state index contributed by atoms with van der Waals surface area (Å²) in [6, 6.07) is 0.408. The number of tetrazole rings is 1. The Hall–Kier alpha value is -1.50. The second-order valence-corrected chi connectivity index (χ2v) is 5.72. The van der Waals surface area contributed by atoms with Crippen molar-refractivity contribution in [2.24, 2.45) is 0 Å². The van der Waals surface area contributed by atoms with Crippen LogP contribution in [0.1, 0.15) is 37.9 Å². The third-order valence-electron chi connectivity index (χ3n) is 4.32. The van der Waals surface area contributed by atoms with E-state index in [9.17, 15) is 4.79 Å². The average molecular weight is 278 g/mol. The zero-order valence-electron chi connectivity index (χ0n) is 11.8. The van der Waals surface area contributed by atoms with Crippen LogP contribution >= 0.6 is 0 Å². The van der Waals surface area contributed by atoms with Gasteiger partial charge in [-0.25, -0.2) is 0 Å². The van der Waals surface area contributed by atoms with Crippen LogP contribution in [0.25, 0.3) is 0 Å². The highest BCUT2D eigenvalue weighted by Crippen LogP contribution is 2.21. The van der Waals surface area contributed by atoms with Gasteiger partial charge in [-0.05, 0) is 38.8 Å². The van der Waals surface area contributed by atoms with E-state index in [0.717, 1.165) is 25.9 Å². The standard InChI is InChI=1S/C13H22N6O/c20-13(6-5-12-14-16-17-15-12)19-9-3-4-11(19)10-18-7-1-2-8-18/h11H,1-10H2,(H,14,15,16,17). The largest absolute Gasteiger partial charge is 0.338 e. The summed E-state index contributed by atoms with van der Waals surface area (Å²) in [5.74, 6) is 0.852. The van der Waals surface area contributed by atoms with Crippen LogP contribution in [0.4, 0.5) is 0 Å². The third kappa shape index (κ3) is 3.15. The molecular formula is C13H22N6O. The number of aryl methyl sites for hydroxylation is 1. The van der Waals surface area contributed by atoms with Gasteiger partial charge in [0.05, 0.1) is 0 Å². The fourth-order valence-electron chi connectivity index (χ4n) is 3.27. The highest BCUT2D eigenvalue weighted by atomic mass is 16.2. The number of hydrogen-bond donors (Lipinski definition) is 1. The lowest BCUT2D eigenvalue weighted by Crippen LogP contribution is -2.42. The van der Waals surface area contributed by atoms with Crippen LogP contribution < -0.4 is 0 Å². The van der Waals surface area contributed by atoms with Crippen molar-refractivity contribution in [2.75, 3.05) is 26.2 Å². The number of nitrogens with zero attached hydrogens (tertiary/aromatic N) is 5. The van der Waals surface area contributed by atoms with E-state index in [-0.39, 0.29) is 5.91 Å². The van der Waals surface area contributed by atoms with Crippen molar-refractivity contribution in [2.45, 2.75) is 44.6 Å². The van der Waals surface area contributed by atoms with Gasteiger partial charge in [-0.2, -0.15) is 5.21 Å². The summed E-state index contributed by atoms with van der Waals surface area (Å²) < 4.78 is 0. The molecule has 1 N–H and O–H groups in total. The molecule has 20 heavy (non-hydrogen) atoms. The molecule has 0 saturated carbocycles. The van der Waals surface area contributed by atoms with E-state index in [1.54, 1.807) is 0 Å². The molecule has 0 aliphatic carbocycles. The number of carbonyl (C=O) groups is 1. The molecule has 110 valence electrons. The highest BCUT2D eigenvalue weighted by molar-refractivity contribution is 5.77. The van der Waals surface area contributed by atoms with Gasteiger partial charge in [-0.15, -0.1) is 10.2 Å². The van der Waals surface area contributed by atoms with Crippen LogP contribution in [0.3, 0.4) is 0 Å². The fourth-order valence-corrected chi connectivity index (χ4v) is 3.27. The molecule has 1 unspecified atom stereocenters. The average Bonchev–Trinajstić information content (AvgIpc) is 3.19. The Balaban J connectivity index is 1.50. The minimum absolute atomic E-state index is 0.233. The molecular weight excluding hydrogens is 256 g/mol. The van der Waals surface area contributed by atoms with E-state index in [1.165, 1.54) is 25.9 Å². The number of hydrogen-bond acceptors (Lipinski definition) is 5. The first-order valence-corrected chi connectivity index (χ1v) is 7.57. The smallest absolute Gasteiger partial charge is 0.223 e. The maximum atomic E-state index is 12.3.